The molecule has 0 aliphatic heterocycles. The zero-order valence-electron chi connectivity index (χ0n) is 10.0. The van der Waals surface area contributed by atoms with Gasteiger partial charge in [-0.3, -0.25) is 0 Å². The van der Waals surface area contributed by atoms with Crippen LogP contribution in [0.4, 0.5) is 0 Å². The minimum absolute atomic E-state index is 0.748. The van der Waals surface area contributed by atoms with Gasteiger partial charge in [-0.2, -0.15) is 0 Å². The van der Waals surface area contributed by atoms with Gasteiger partial charge in [-0.25, -0.2) is 4.98 Å². The number of thioether (sulfide) groups is 1. The number of pyridine rings is 1. The molecule has 4 heteroatoms. The topological polar surface area (TPSA) is 34.2 Å². The molecule has 16 heavy (non-hydrogen) atoms. The van der Waals surface area contributed by atoms with E-state index < -0.39 is 0 Å². The summed E-state index contributed by atoms with van der Waals surface area (Å²) < 4.78 is 4.99. The summed E-state index contributed by atoms with van der Waals surface area (Å²) in [5, 5.41) is 4.49. The third kappa shape index (κ3) is 4.96. The molecule has 1 rings (SSSR count). The molecule has 1 aromatic rings. The van der Waals surface area contributed by atoms with Gasteiger partial charge in [0.05, 0.1) is 6.61 Å². The Morgan fingerprint density at radius 1 is 1.50 bits per heavy atom. The van der Waals surface area contributed by atoms with Crippen molar-refractivity contribution in [2.75, 3.05) is 26.0 Å². The Bertz CT molecular complexity index is 294. The Balaban J connectivity index is 2.43. The lowest BCUT2D eigenvalue weighted by Gasteiger charge is -2.08. The minimum atomic E-state index is 0.748. The van der Waals surface area contributed by atoms with Gasteiger partial charge in [-0.1, -0.05) is 13.0 Å². The highest BCUT2D eigenvalue weighted by molar-refractivity contribution is 7.99. The molecule has 0 fully saturated rings. The van der Waals surface area contributed by atoms with Gasteiger partial charge in [0.1, 0.15) is 5.03 Å². The van der Waals surface area contributed by atoms with E-state index in [4.69, 9.17) is 4.74 Å². The molecule has 90 valence electrons. The molecule has 0 unspecified atom stereocenters. The van der Waals surface area contributed by atoms with Crippen molar-refractivity contribution in [3.05, 3.63) is 23.9 Å². The summed E-state index contributed by atoms with van der Waals surface area (Å²) >= 11 is 1.83. The number of methoxy groups -OCH3 is 1. The fourth-order valence-electron chi connectivity index (χ4n) is 1.28. The molecule has 0 amide bonds. The highest BCUT2D eigenvalue weighted by Crippen LogP contribution is 2.20. The molecule has 0 aromatic carbocycles. The highest BCUT2D eigenvalue weighted by Gasteiger charge is 2.02. The van der Waals surface area contributed by atoms with E-state index in [1.807, 2.05) is 24.0 Å². The van der Waals surface area contributed by atoms with Crippen LogP contribution in [0, 0.1) is 0 Å². The van der Waals surface area contributed by atoms with E-state index in [1.54, 1.807) is 7.11 Å². The summed E-state index contributed by atoms with van der Waals surface area (Å²) in [5.74, 6) is 1.13. The zero-order valence-corrected chi connectivity index (χ0v) is 10.8. The normalized spacial score (nSPS) is 10.6. The van der Waals surface area contributed by atoms with Crippen LogP contribution in [0.2, 0.25) is 0 Å². The molecule has 0 spiro atoms. The summed E-state index contributed by atoms with van der Waals surface area (Å²) in [6.45, 7) is 4.68. The first-order valence-electron chi connectivity index (χ1n) is 5.64. The van der Waals surface area contributed by atoms with E-state index in [1.165, 1.54) is 12.0 Å². The first-order valence-corrected chi connectivity index (χ1v) is 6.63. The van der Waals surface area contributed by atoms with Crippen molar-refractivity contribution in [2.24, 2.45) is 0 Å². The molecule has 0 saturated heterocycles. The molecule has 0 radical (unpaired) electrons. The molecular weight excluding hydrogens is 220 g/mol. The Kier molecular flexibility index (Phi) is 7.21. The van der Waals surface area contributed by atoms with E-state index in [0.29, 0.717) is 0 Å². The Morgan fingerprint density at radius 3 is 3.12 bits per heavy atom. The largest absolute Gasteiger partial charge is 0.383 e. The fraction of sp³-hybridized carbons (Fsp3) is 0.583. The quantitative estimate of drug-likeness (QED) is 0.558. The van der Waals surface area contributed by atoms with Crippen LogP contribution in [-0.2, 0) is 11.3 Å². The van der Waals surface area contributed by atoms with Gasteiger partial charge in [0.2, 0.25) is 0 Å². The minimum Gasteiger partial charge on any atom is -0.383 e. The second-order valence-corrected chi connectivity index (χ2v) is 4.57. The van der Waals surface area contributed by atoms with E-state index in [2.05, 4.69) is 23.3 Å². The number of aromatic nitrogens is 1. The maximum atomic E-state index is 4.99. The van der Waals surface area contributed by atoms with Gasteiger partial charge in [-0.05, 0) is 23.8 Å². The van der Waals surface area contributed by atoms with Gasteiger partial charge >= 0.3 is 0 Å². The van der Waals surface area contributed by atoms with Gasteiger partial charge in [0, 0.05) is 26.4 Å². The number of hydrogen-bond acceptors (Lipinski definition) is 4. The van der Waals surface area contributed by atoms with E-state index in [9.17, 15) is 0 Å². The summed E-state index contributed by atoms with van der Waals surface area (Å²) in [4.78, 5) is 4.41. The number of nitrogens with one attached hydrogen (secondary N) is 1. The average molecular weight is 240 g/mol. The number of rotatable bonds is 8. The highest BCUT2D eigenvalue weighted by atomic mass is 32.2. The molecule has 0 aliphatic carbocycles. The summed E-state index contributed by atoms with van der Waals surface area (Å²) in [6.07, 6.45) is 3.04. The predicted octanol–water partition coefficient (Wildman–Crippen LogP) is 2.32. The first-order chi connectivity index (χ1) is 7.88. The van der Waals surface area contributed by atoms with Gasteiger partial charge in [0.25, 0.3) is 0 Å². The molecule has 0 saturated carbocycles. The van der Waals surface area contributed by atoms with E-state index in [0.717, 1.165) is 30.5 Å². The van der Waals surface area contributed by atoms with Crippen molar-refractivity contribution in [1.29, 1.82) is 0 Å². The standard InChI is InChI=1S/C12H20N2OS/c1-3-9-16-12-11(5-4-6-14-12)10-13-7-8-15-2/h4-6,13H,3,7-10H2,1-2H3. The Morgan fingerprint density at radius 2 is 2.38 bits per heavy atom. The number of ether oxygens (including phenoxy) is 1. The van der Waals surface area contributed by atoms with Crippen LogP contribution in [0.1, 0.15) is 18.9 Å². The maximum Gasteiger partial charge on any atom is 0.100 e. The van der Waals surface area contributed by atoms with Crippen molar-refractivity contribution < 1.29 is 4.74 Å². The van der Waals surface area contributed by atoms with Gasteiger partial charge in [-0.15, -0.1) is 11.8 Å². The summed E-state index contributed by atoms with van der Waals surface area (Å²) in [6, 6.07) is 4.12. The fourth-order valence-corrected chi connectivity index (χ4v) is 2.14. The van der Waals surface area contributed by atoms with Crippen LogP contribution >= 0.6 is 11.8 Å². The van der Waals surface area contributed by atoms with Crippen LogP contribution in [0.3, 0.4) is 0 Å². The monoisotopic (exact) mass is 240 g/mol. The third-order valence-corrected chi connectivity index (χ3v) is 3.34. The molecule has 0 atom stereocenters. The SMILES string of the molecule is CCCSc1ncccc1CNCCOC. The lowest BCUT2D eigenvalue weighted by Crippen LogP contribution is -2.19. The van der Waals surface area contributed by atoms with Crippen LogP contribution < -0.4 is 5.32 Å². The van der Waals surface area contributed by atoms with Crippen LogP contribution in [0.5, 0.6) is 0 Å². The van der Waals surface area contributed by atoms with Gasteiger partial charge < -0.3 is 10.1 Å². The van der Waals surface area contributed by atoms with Crippen molar-refractivity contribution >= 4 is 11.8 Å². The molecule has 0 aliphatic rings. The molecular formula is C12H20N2OS. The molecule has 1 aromatic heterocycles. The van der Waals surface area contributed by atoms with E-state index >= 15 is 0 Å². The lowest BCUT2D eigenvalue weighted by molar-refractivity contribution is 0.199. The van der Waals surface area contributed by atoms with Crippen LogP contribution in [-0.4, -0.2) is 31.0 Å². The van der Waals surface area contributed by atoms with Crippen LogP contribution in [0.15, 0.2) is 23.4 Å². The summed E-state index contributed by atoms with van der Waals surface area (Å²) in [7, 11) is 1.72. The predicted molar refractivity (Wildman–Crippen MR) is 68.8 cm³/mol. The second kappa shape index (κ2) is 8.56. The Hall–Kier alpha value is -0.580. The van der Waals surface area contributed by atoms with Crippen LogP contribution in [0.25, 0.3) is 0 Å². The van der Waals surface area contributed by atoms with Crippen molar-refractivity contribution in [1.82, 2.24) is 10.3 Å². The van der Waals surface area contributed by atoms with E-state index in [-0.39, 0.29) is 0 Å². The van der Waals surface area contributed by atoms with Gasteiger partial charge in [0.15, 0.2) is 0 Å². The van der Waals surface area contributed by atoms with Crippen molar-refractivity contribution in [3.8, 4) is 0 Å². The molecule has 3 nitrogen and oxygen atoms in total. The molecule has 1 N–H and O–H groups in total. The third-order valence-electron chi connectivity index (χ3n) is 2.09. The molecule has 1 heterocycles. The average Bonchev–Trinajstić information content (AvgIpc) is 2.33. The zero-order chi connectivity index (χ0) is 11.6. The lowest BCUT2D eigenvalue weighted by atomic mass is 10.3. The van der Waals surface area contributed by atoms with Crippen molar-refractivity contribution in [3.63, 3.8) is 0 Å². The second-order valence-electron chi connectivity index (χ2n) is 3.49. The maximum absolute atomic E-state index is 4.99. The molecule has 0 bridgehead atoms. The Labute approximate surface area is 102 Å². The van der Waals surface area contributed by atoms with Crippen molar-refractivity contribution in [2.45, 2.75) is 24.9 Å². The first kappa shape index (κ1) is 13.5. The number of hydrogen-bond donors (Lipinski definition) is 1. The summed E-state index contributed by atoms with van der Waals surface area (Å²) in [5.41, 5.74) is 1.28. The smallest absolute Gasteiger partial charge is 0.100 e. The number of nitrogens with zero attached hydrogens (tertiary/aromatic N) is 1.